The van der Waals surface area contributed by atoms with Crippen LogP contribution in [-0.2, 0) is 11.3 Å². The van der Waals surface area contributed by atoms with Gasteiger partial charge in [0.1, 0.15) is 5.82 Å². The van der Waals surface area contributed by atoms with Crippen LogP contribution in [0.1, 0.15) is 26.3 Å². The van der Waals surface area contributed by atoms with Crippen molar-refractivity contribution < 1.29 is 9.18 Å². The summed E-state index contributed by atoms with van der Waals surface area (Å²) in [6, 6.07) is 4.66. The SMILES string of the molecule is CC(C)(C)NC(=O)CNCc1cc(F)cc(Br)c1. The van der Waals surface area contributed by atoms with E-state index in [1.54, 1.807) is 0 Å². The summed E-state index contributed by atoms with van der Waals surface area (Å²) in [5.74, 6) is -0.363. The van der Waals surface area contributed by atoms with E-state index < -0.39 is 0 Å². The van der Waals surface area contributed by atoms with E-state index in [0.29, 0.717) is 11.0 Å². The van der Waals surface area contributed by atoms with Crippen molar-refractivity contribution in [2.45, 2.75) is 32.9 Å². The van der Waals surface area contributed by atoms with Gasteiger partial charge in [0.15, 0.2) is 0 Å². The summed E-state index contributed by atoms with van der Waals surface area (Å²) < 4.78 is 13.8. The normalized spacial score (nSPS) is 11.4. The average Bonchev–Trinajstić information content (AvgIpc) is 2.12. The van der Waals surface area contributed by atoms with Gasteiger partial charge in [-0.05, 0) is 44.5 Å². The molecule has 0 unspecified atom stereocenters. The molecule has 0 aliphatic rings. The number of benzene rings is 1. The van der Waals surface area contributed by atoms with Gasteiger partial charge in [-0.15, -0.1) is 0 Å². The Morgan fingerprint density at radius 3 is 2.56 bits per heavy atom. The van der Waals surface area contributed by atoms with Crippen LogP contribution in [0.5, 0.6) is 0 Å². The lowest BCUT2D eigenvalue weighted by Gasteiger charge is -2.20. The second kappa shape index (κ2) is 6.29. The Morgan fingerprint density at radius 2 is 2.00 bits per heavy atom. The second-order valence-electron chi connectivity index (χ2n) is 5.18. The van der Waals surface area contributed by atoms with E-state index in [-0.39, 0.29) is 23.8 Å². The van der Waals surface area contributed by atoms with E-state index in [4.69, 9.17) is 0 Å². The highest BCUT2D eigenvalue weighted by atomic mass is 79.9. The summed E-state index contributed by atoms with van der Waals surface area (Å²) >= 11 is 3.23. The zero-order valence-electron chi connectivity index (χ0n) is 10.8. The fourth-order valence-electron chi connectivity index (χ4n) is 1.50. The minimum atomic E-state index is -0.291. The summed E-state index contributed by atoms with van der Waals surface area (Å²) in [5, 5.41) is 5.82. The fourth-order valence-corrected chi connectivity index (χ4v) is 2.01. The van der Waals surface area contributed by atoms with Gasteiger partial charge in [0.05, 0.1) is 6.54 Å². The van der Waals surface area contributed by atoms with Crippen LogP contribution in [0.25, 0.3) is 0 Å². The number of nitrogens with one attached hydrogen (secondary N) is 2. The van der Waals surface area contributed by atoms with Gasteiger partial charge < -0.3 is 10.6 Å². The largest absolute Gasteiger partial charge is 0.350 e. The maximum absolute atomic E-state index is 13.1. The smallest absolute Gasteiger partial charge is 0.234 e. The van der Waals surface area contributed by atoms with Gasteiger partial charge in [-0.3, -0.25) is 4.79 Å². The lowest BCUT2D eigenvalue weighted by Crippen LogP contribution is -2.44. The fraction of sp³-hybridized carbons (Fsp3) is 0.462. The summed E-state index contributed by atoms with van der Waals surface area (Å²) in [7, 11) is 0. The minimum Gasteiger partial charge on any atom is -0.350 e. The summed E-state index contributed by atoms with van der Waals surface area (Å²) in [5.41, 5.74) is 0.561. The molecule has 1 amide bonds. The molecule has 2 N–H and O–H groups in total. The molecular formula is C13H18BrFN2O. The highest BCUT2D eigenvalue weighted by Gasteiger charge is 2.12. The number of hydrogen-bond acceptors (Lipinski definition) is 2. The molecule has 1 rings (SSSR count). The van der Waals surface area contributed by atoms with Crippen LogP contribution in [0, 0.1) is 5.82 Å². The van der Waals surface area contributed by atoms with Crippen LogP contribution < -0.4 is 10.6 Å². The van der Waals surface area contributed by atoms with Crippen molar-refractivity contribution in [1.82, 2.24) is 10.6 Å². The van der Waals surface area contributed by atoms with Crippen molar-refractivity contribution in [3.63, 3.8) is 0 Å². The molecule has 3 nitrogen and oxygen atoms in total. The molecule has 0 fully saturated rings. The van der Waals surface area contributed by atoms with Gasteiger partial charge >= 0.3 is 0 Å². The molecule has 0 saturated carbocycles. The Labute approximate surface area is 115 Å². The number of amides is 1. The van der Waals surface area contributed by atoms with Crippen molar-refractivity contribution in [2.75, 3.05) is 6.54 Å². The Kier molecular flexibility index (Phi) is 5.28. The lowest BCUT2D eigenvalue weighted by atomic mass is 10.1. The Hall–Kier alpha value is -0.940. The lowest BCUT2D eigenvalue weighted by molar-refractivity contribution is -0.121. The van der Waals surface area contributed by atoms with Gasteiger partial charge in [-0.1, -0.05) is 15.9 Å². The van der Waals surface area contributed by atoms with Gasteiger partial charge in [0.2, 0.25) is 5.91 Å². The van der Waals surface area contributed by atoms with Crippen molar-refractivity contribution in [1.29, 1.82) is 0 Å². The number of halogens is 2. The van der Waals surface area contributed by atoms with Gasteiger partial charge in [0, 0.05) is 16.6 Å². The molecule has 1 aromatic rings. The highest BCUT2D eigenvalue weighted by Crippen LogP contribution is 2.14. The Balaban J connectivity index is 2.40. The number of hydrogen-bond donors (Lipinski definition) is 2. The summed E-state index contributed by atoms with van der Waals surface area (Å²) in [6.45, 7) is 6.44. The van der Waals surface area contributed by atoms with Crippen LogP contribution in [0.2, 0.25) is 0 Å². The first-order valence-corrected chi connectivity index (χ1v) is 6.52. The predicted octanol–water partition coefficient (Wildman–Crippen LogP) is 2.59. The van der Waals surface area contributed by atoms with Gasteiger partial charge in [-0.2, -0.15) is 0 Å². The third-order valence-electron chi connectivity index (χ3n) is 2.05. The molecular weight excluding hydrogens is 299 g/mol. The molecule has 0 heterocycles. The first-order valence-electron chi connectivity index (χ1n) is 5.73. The predicted molar refractivity (Wildman–Crippen MR) is 73.7 cm³/mol. The second-order valence-corrected chi connectivity index (χ2v) is 6.10. The topological polar surface area (TPSA) is 41.1 Å². The zero-order valence-corrected chi connectivity index (χ0v) is 12.4. The summed E-state index contributed by atoms with van der Waals surface area (Å²) in [4.78, 5) is 11.5. The molecule has 5 heteroatoms. The van der Waals surface area contributed by atoms with Crippen LogP contribution in [0.4, 0.5) is 4.39 Å². The maximum atomic E-state index is 13.1. The molecule has 100 valence electrons. The third kappa shape index (κ3) is 6.12. The van der Waals surface area contributed by atoms with Crippen LogP contribution >= 0.6 is 15.9 Å². The van der Waals surface area contributed by atoms with E-state index in [0.717, 1.165) is 5.56 Å². The molecule has 0 saturated heterocycles. The monoisotopic (exact) mass is 316 g/mol. The van der Waals surface area contributed by atoms with Gasteiger partial charge in [0.25, 0.3) is 0 Å². The van der Waals surface area contributed by atoms with Crippen LogP contribution in [0.3, 0.4) is 0 Å². The summed E-state index contributed by atoms with van der Waals surface area (Å²) in [6.07, 6.45) is 0. The van der Waals surface area contributed by atoms with Crippen molar-refractivity contribution in [2.24, 2.45) is 0 Å². The molecule has 0 aromatic heterocycles. The molecule has 0 bridgehead atoms. The van der Waals surface area contributed by atoms with E-state index >= 15 is 0 Å². The third-order valence-corrected chi connectivity index (χ3v) is 2.51. The number of carbonyl (C=O) groups is 1. The molecule has 1 aromatic carbocycles. The van der Waals surface area contributed by atoms with Crippen molar-refractivity contribution >= 4 is 21.8 Å². The quantitative estimate of drug-likeness (QED) is 0.896. The zero-order chi connectivity index (χ0) is 13.8. The van der Waals surface area contributed by atoms with Gasteiger partial charge in [-0.25, -0.2) is 4.39 Å². The van der Waals surface area contributed by atoms with Crippen molar-refractivity contribution in [3.05, 3.63) is 34.1 Å². The number of carbonyl (C=O) groups excluding carboxylic acids is 1. The number of rotatable bonds is 4. The standard InChI is InChI=1S/C13H18BrFN2O/c1-13(2,3)17-12(18)8-16-7-9-4-10(14)6-11(15)5-9/h4-6,16H,7-8H2,1-3H3,(H,17,18). The van der Waals surface area contributed by atoms with E-state index in [1.165, 1.54) is 12.1 Å². The molecule has 0 atom stereocenters. The maximum Gasteiger partial charge on any atom is 0.234 e. The molecule has 0 aliphatic carbocycles. The van der Waals surface area contributed by atoms with Crippen LogP contribution in [-0.4, -0.2) is 18.0 Å². The first kappa shape index (κ1) is 15.1. The molecule has 0 radical (unpaired) electrons. The van der Waals surface area contributed by atoms with Crippen LogP contribution in [0.15, 0.2) is 22.7 Å². The molecule has 0 spiro atoms. The average molecular weight is 317 g/mol. The minimum absolute atomic E-state index is 0.0713. The van der Waals surface area contributed by atoms with E-state index in [2.05, 4.69) is 26.6 Å². The molecule has 0 aliphatic heterocycles. The van der Waals surface area contributed by atoms with Crippen molar-refractivity contribution in [3.8, 4) is 0 Å². The molecule has 18 heavy (non-hydrogen) atoms. The Morgan fingerprint density at radius 1 is 1.33 bits per heavy atom. The Bertz CT molecular complexity index is 409. The first-order chi connectivity index (χ1) is 8.26. The van der Waals surface area contributed by atoms with E-state index in [1.807, 2.05) is 26.8 Å². The highest BCUT2D eigenvalue weighted by molar-refractivity contribution is 9.10. The van der Waals surface area contributed by atoms with E-state index in [9.17, 15) is 9.18 Å².